The first-order chi connectivity index (χ1) is 24.0. The molecule has 1 fully saturated rings. The second-order valence-corrected chi connectivity index (χ2v) is 13.1. The highest BCUT2D eigenvalue weighted by molar-refractivity contribution is 6.43. The van der Waals surface area contributed by atoms with Crippen LogP contribution in [0.5, 0.6) is 5.75 Å². The Morgan fingerprint density at radius 3 is 2.22 bits per heavy atom. The molecule has 0 N–H and O–H groups in total. The normalized spacial score (nSPS) is 14.4. The van der Waals surface area contributed by atoms with E-state index in [2.05, 4.69) is 65.3 Å². The lowest BCUT2D eigenvalue weighted by Gasteiger charge is -2.36. The number of anilines is 1. The van der Waals surface area contributed by atoms with Gasteiger partial charge in [-0.25, -0.2) is 4.57 Å². The summed E-state index contributed by atoms with van der Waals surface area (Å²) in [6.07, 6.45) is 26.3. The SMILES string of the molecule is CCC=CCC=CCC=CCC=CCCCCC(=O)n1c(=O)ccc2ccc(OCCCCN3CCN(c4cccc(Cl)c4Cl)CC3)cc21. The molecule has 0 radical (unpaired) electrons. The van der Waals surface area contributed by atoms with Crippen molar-refractivity contribution in [3.05, 3.63) is 118 Å². The van der Waals surface area contributed by atoms with Crippen LogP contribution in [0.25, 0.3) is 10.9 Å². The molecule has 0 atom stereocenters. The number of ether oxygens (including phenoxy) is 1. The van der Waals surface area contributed by atoms with Gasteiger partial charge in [-0.05, 0) is 100 Å². The van der Waals surface area contributed by atoms with Crippen LogP contribution in [0.3, 0.4) is 0 Å². The first-order valence-corrected chi connectivity index (χ1v) is 18.6. The monoisotopic (exact) mass is 703 g/mol. The first kappa shape index (κ1) is 38.2. The molecule has 1 saturated heterocycles. The van der Waals surface area contributed by atoms with Crippen molar-refractivity contribution in [2.75, 3.05) is 44.2 Å². The molecule has 1 aliphatic heterocycles. The van der Waals surface area contributed by atoms with Crippen LogP contribution in [-0.4, -0.2) is 54.7 Å². The average molecular weight is 705 g/mol. The lowest BCUT2D eigenvalue weighted by molar-refractivity contribution is 0.0900. The van der Waals surface area contributed by atoms with Gasteiger partial charge < -0.3 is 9.64 Å². The number of hydrogen-bond donors (Lipinski definition) is 0. The van der Waals surface area contributed by atoms with Gasteiger partial charge in [0.15, 0.2) is 0 Å². The fraction of sp³-hybridized carbons (Fsp3) is 0.415. The molecule has 2 heterocycles. The van der Waals surface area contributed by atoms with Gasteiger partial charge in [0.25, 0.3) is 5.56 Å². The van der Waals surface area contributed by atoms with Crippen LogP contribution in [-0.2, 0) is 0 Å². The van der Waals surface area contributed by atoms with Gasteiger partial charge in [-0.15, -0.1) is 0 Å². The molecule has 0 saturated carbocycles. The highest BCUT2D eigenvalue weighted by atomic mass is 35.5. The third-order valence-corrected chi connectivity index (χ3v) is 9.44. The summed E-state index contributed by atoms with van der Waals surface area (Å²) in [5.41, 5.74) is 1.31. The van der Waals surface area contributed by atoms with Crippen LogP contribution >= 0.6 is 23.2 Å². The van der Waals surface area contributed by atoms with Crippen molar-refractivity contribution in [3.63, 3.8) is 0 Å². The number of pyridine rings is 1. The van der Waals surface area contributed by atoms with Gasteiger partial charge in [-0.2, -0.15) is 0 Å². The molecule has 262 valence electrons. The maximum atomic E-state index is 13.2. The molecule has 6 nitrogen and oxygen atoms in total. The van der Waals surface area contributed by atoms with Crippen molar-refractivity contribution in [1.29, 1.82) is 0 Å². The Morgan fingerprint density at radius 1 is 0.796 bits per heavy atom. The van der Waals surface area contributed by atoms with E-state index in [4.69, 9.17) is 27.9 Å². The fourth-order valence-corrected chi connectivity index (χ4v) is 6.30. The van der Waals surface area contributed by atoms with Crippen molar-refractivity contribution in [3.8, 4) is 5.75 Å². The predicted molar refractivity (Wildman–Crippen MR) is 208 cm³/mol. The Hall–Kier alpha value is -3.58. The maximum absolute atomic E-state index is 13.2. The number of nitrogens with zero attached hydrogens (tertiary/aromatic N) is 3. The van der Waals surface area contributed by atoms with E-state index in [9.17, 15) is 9.59 Å². The van der Waals surface area contributed by atoms with Gasteiger partial charge in [0.05, 0.1) is 27.9 Å². The number of carbonyl (C=O) groups is 1. The van der Waals surface area contributed by atoms with Crippen LogP contribution in [0.4, 0.5) is 5.69 Å². The van der Waals surface area contributed by atoms with Crippen LogP contribution in [0.15, 0.2) is 102 Å². The number of carbonyl (C=O) groups excluding carboxylic acids is 1. The van der Waals surface area contributed by atoms with E-state index in [1.807, 2.05) is 36.4 Å². The number of fused-ring (bicyclic) bond motifs is 1. The Bertz CT molecular complexity index is 1650. The van der Waals surface area contributed by atoms with E-state index in [1.54, 1.807) is 6.07 Å². The molecule has 0 unspecified atom stereocenters. The van der Waals surface area contributed by atoms with Crippen LogP contribution in [0.1, 0.15) is 75.9 Å². The number of aromatic nitrogens is 1. The molecule has 0 spiro atoms. The van der Waals surface area contributed by atoms with Crippen molar-refractivity contribution >= 4 is 45.7 Å². The zero-order valence-corrected chi connectivity index (χ0v) is 30.4. The molecule has 0 aliphatic carbocycles. The first-order valence-electron chi connectivity index (χ1n) is 17.8. The number of unbranched alkanes of at least 4 members (excludes halogenated alkanes) is 3. The van der Waals surface area contributed by atoms with Gasteiger partial charge in [0, 0.05) is 44.7 Å². The largest absolute Gasteiger partial charge is 0.494 e. The Morgan fingerprint density at radius 2 is 1.49 bits per heavy atom. The molecule has 49 heavy (non-hydrogen) atoms. The van der Waals surface area contributed by atoms with E-state index in [0.717, 1.165) is 102 Å². The highest BCUT2D eigenvalue weighted by Crippen LogP contribution is 2.33. The van der Waals surface area contributed by atoms with E-state index in [-0.39, 0.29) is 11.5 Å². The molecule has 0 amide bonds. The maximum Gasteiger partial charge on any atom is 0.257 e. The Balaban J connectivity index is 1.15. The topological polar surface area (TPSA) is 54.8 Å². The summed E-state index contributed by atoms with van der Waals surface area (Å²) >= 11 is 12.6. The minimum absolute atomic E-state index is 0.171. The standard InChI is InChI=1S/C41H51Cl2N3O3/c1-2-3-4-5-6-7-8-9-10-11-12-13-14-15-16-22-39(47)46-38-33-35(25-23-34(38)24-26-40(46)48)49-32-18-17-27-44-28-30-45(31-29-44)37-21-19-20-36(42)41(37)43/h3-4,6-7,9-10,12-13,19-21,23-26,33H,2,5,8,11,14-18,22,27-32H2,1H3. The summed E-state index contributed by atoms with van der Waals surface area (Å²) < 4.78 is 7.38. The van der Waals surface area contributed by atoms with Gasteiger partial charge in [-0.3, -0.25) is 14.5 Å². The number of allylic oxidation sites excluding steroid dienone is 8. The van der Waals surface area contributed by atoms with Crippen molar-refractivity contribution in [1.82, 2.24) is 9.47 Å². The lowest BCUT2D eigenvalue weighted by Crippen LogP contribution is -2.46. The van der Waals surface area contributed by atoms with E-state index < -0.39 is 0 Å². The summed E-state index contributed by atoms with van der Waals surface area (Å²) in [6, 6.07) is 14.7. The molecular formula is C41H51Cl2N3O3. The third kappa shape index (κ3) is 12.7. The lowest BCUT2D eigenvalue weighted by atomic mass is 10.1. The number of rotatable bonds is 19. The number of hydrogen-bond acceptors (Lipinski definition) is 5. The molecular weight excluding hydrogens is 653 g/mol. The zero-order valence-electron chi connectivity index (χ0n) is 28.9. The average Bonchev–Trinajstić information content (AvgIpc) is 3.11. The fourth-order valence-electron chi connectivity index (χ4n) is 5.88. The molecule has 3 aromatic rings. The van der Waals surface area contributed by atoms with E-state index in [0.29, 0.717) is 34.3 Å². The Kier molecular flexibility index (Phi) is 16.8. The summed E-state index contributed by atoms with van der Waals surface area (Å²) in [6.45, 7) is 7.51. The van der Waals surface area contributed by atoms with Crippen LogP contribution in [0.2, 0.25) is 10.0 Å². The summed E-state index contributed by atoms with van der Waals surface area (Å²) in [5.74, 6) is 0.502. The third-order valence-electron chi connectivity index (χ3n) is 8.63. The van der Waals surface area contributed by atoms with E-state index >= 15 is 0 Å². The second-order valence-electron chi connectivity index (χ2n) is 12.3. The molecule has 8 heteroatoms. The molecule has 0 bridgehead atoms. The number of benzene rings is 2. The molecule has 1 aromatic heterocycles. The van der Waals surface area contributed by atoms with E-state index in [1.165, 1.54) is 10.6 Å². The van der Waals surface area contributed by atoms with Gasteiger partial charge in [-0.1, -0.05) is 84.8 Å². The van der Waals surface area contributed by atoms with Crippen molar-refractivity contribution in [2.24, 2.45) is 0 Å². The molecule has 2 aromatic carbocycles. The number of piperazine rings is 1. The van der Waals surface area contributed by atoms with Crippen LogP contribution < -0.4 is 15.2 Å². The summed E-state index contributed by atoms with van der Waals surface area (Å²) in [5, 5.41) is 2.06. The minimum Gasteiger partial charge on any atom is -0.494 e. The summed E-state index contributed by atoms with van der Waals surface area (Å²) in [4.78, 5) is 30.7. The minimum atomic E-state index is -0.300. The van der Waals surface area contributed by atoms with Crippen molar-refractivity contribution < 1.29 is 9.53 Å². The molecule has 4 rings (SSSR count). The quantitative estimate of drug-likeness (QED) is 0.0919. The van der Waals surface area contributed by atoms with Gasteiger partial charge in [0.2, 0.25) is 5.91 Å². The Labute approximate surface area is 302 Å². The predicted octanol–water partition coefficient (Wildman–Crippen LogP) is 10.3. The zero-order chi connectivity index (χ0) is 34.7. The summed E-state index contributed by atoms with van der Waals surface area (Å²) in [7, 11) is 0. The number of halogens is 2. The van der Waals surface area contributed by atoms with Crippen LogP contribution in [0, 0.1) is 0 Å². The second kappa shape index (κ2) is 21.5. The van der Waals surface area contributed by atoms with Crippen molar-refractivity contribution in [2.45, 2.75) is 71.1 Å². The van der Waals surface area contributed by atoms with Gasteiger partial charge >= 0.3 is 0 Å². The molecule has 1 aliphatic rings. The van der Waals surface area contributed by atoms with Gasteiger partial charge in [0.1, 0.15) is 5.75 Å². The smallest absolute Gasteiger partial charge is 0.257 e. The highest BCUT2D eigenvalue weighted by Gasteiger charge is 2.19.